The van der Waals surface area contributed by atoms with Gasteiger partial charge in [-0.2, -0.15) is 0 Å². The maximum atomic E-state index is 12.2. The fourth-order valence-electron chi connectivity index (χ4n) is 2.80. The number of carbonyl (C=O) groups excluding carboxylic acids is 1. The second-order valence-electron chi connectivity index (χ2n) is 6.92. The predicted molar refractivity (Wildman–Crippen MR) is 88.3 cm³/mol. The Morgan fingerprint density at radius 2 is 2.10 bits per heavy atom. The number of nitrogens with zero attached hydrogens (tertiary/aromatic N) is 1. The molecule has 0 spiro atoms. The monoisotopic (exact) mass is 289 g/mol. The van der Waals surface area contributed by atoms with Gasteiger partial charge in [0.25, 0.3) is 0 Å². The van der Waals surface area contributed by atoms with Crippen molar-refractivity contribution in [1.82, 2.24) is 4.90 Å². The zero-order valence-corrected chi connectivity index (χ0v) is 13.4. The minimum atomic E-state index is 0.0448. The van der Waals surface area contributed by atoms with Crippen LogP contribution >= 0.6 is 0 Å². The van der Waals surface area contributed by atoms with E-state index in [4.69, 9.17) is 5.73 Å². The van der Waals surface area contributed by atoms with E-state index in [1.165, 1.54) is 6.42 Å². The van der Waals surface area contributed by atoms with Gasteiger partial charge in [-0.15, -0.1) is 0 Å². The van der Waals surface area contributed by atoms with Crippen LogP contribution in [0.25, 0.3) is 0 Å². The van der Waals surface area contributed by atoms with Crippen molar-refractivity contribution < 1.29 is 4.79 Å². The number of amides is 1. The van der Waals surface area contributed by atoms with Gasteiger partial charge in [-0.05, 0) is 62.4 Å². The van der Waals surface area contributed by atoms with Crippen LogP contribution in [0.5, 0.6) is 0 Å². The second kappa shape index (κ2) is 6.48. The van der Waals surface area contributed by atoms with Crippen LogP contribution in [0.3, 0.4) is 0 Å². The standard InChI is InChI=1S/C17H27N3O/c1-13-5-6-14(18)11-15(13)19-16(21)12-20-9-4-7-17(2,3)8-10-20/h5-6,11H,4,7-10,12,18H2,1-3H3,(H,19,21). The van der Waals surface area contributed by atoms with Crippen molar-refractivity contribution in [3.8, 4) is 0 Å². The van der Waals surface area contributed by atoms with E-state index in [-0.39, 0.29) is 5.91 Å². The van der Waals surface area contributed by atoms with Crippen molar-refractivity contribution in [2.75, 3.05) is 30.7 Å². The van der Waals surface area contributed by atoms with E-state index < -0.39 is 0 Å². The number of nitrogens with one attached hydrogen (secondary N) is 1. The second-order valence-corrected chi connectivity index (χ2v) is 6.92. The Balaban J connectivity index is 1.91. The maximum Gasteiger partial charge on any atom is 0.238 e. The number of rotatable bonds is 3. The van der Waals surface area contributed by atoms with Crippen LogP contribution in [0.1, 0.15) is 38.7 Å². The summed E-state index contributed by atoms with van der Waals surface area (Å²) in [6.07, 6.45) is 3.55. The maximum absolute atomic E-state index is 12.2. The lowest BCUT2D eigenvalue weighted by atomic mass is 9.85. The Labute approximate surface area is 127 Å². The molecule has 1 aromatic rings. The molecule has 0 saturated carbocycles. The third-order valence-corrected chi connectivity index (χ3v) is 4.34. The summed E-state index contributed by atoms with van der Waals surface area (Å²) in [4.78, 5) is 14.5. The van der Waals surface area contributed by atoms with Gasteiger partial charge in [0, 0.05) is 11.4 Å². The molecule has 1 heterocycles. The summed E-state index contributed by atoms with van der Waals surface area (Å²) < 4.78 is 0. The summed E-state index contributed by atoms with van der Waals surface area (Å²) in [5.41, 5.74) is 8.70. The topological polar surface area (TPSA) is 58.4 Å². The van der Waals surface area contributed by atoms with Crippen LogP contribution < -0.4 is 11.1 Å². The van der Waals surface area contributed by atoms with Gasteiger partial charge in [-0.25, -0.2) is 0 Å². The van der Waals surface area contributed by atoms with E-state index in [1.807, 2.05) is 25.1 Å². The van der Waals surface area contributed by atoms with Gasteiger partial charge in [0.05, 0.1) is 6.54 Å². The lowest BCUT2D eigenvalue weighted by molar-refractivity contribution is -0.117. The van der Waals surface area contributed by atoms with E-state index in [1.54, 1.807) is 0 Å². The molecule has 0 aliphatic carbocycles. The van der Waals surface area contributed by atoms with Gasteiger partial charge >= 0.3 is 0 Å². The highest BCUT2D eigenvalue weighted by atomic mass is 16.2. The zero-order valence-electron chi connectivity index (χ0n) is 13.4. The fraction of sp³-hybridized carbons (Fsp3) is 0.588. The molecule has 1 amide bonds. The molecule has 2 rings (SSSR count). The summed E-state index contributed by atoms with van der Waals surface area (Å²) in [6.45, 7) is 9.07. The molecule has 4 heteroatoms. The molecule has 0 aromatic heterocycles. The first-order valence-corrected chi connectivity index (χ1v) is 7.74. The predicted octanol–water partition coefficient (Wildman–Crippen LogP) is 3.03. The van der Waals surface area contributed by atoms with Crippen LogP contribution in [-0.4, -0.2) is 30.4 Å². The number of hydrogen-bond donors (Lipinski definition) is 2. The Bertz CT molecular complexity index is 511. The molecule has 0 atom stereocenters. The number of hydrogen-bond acceptors (Lipinski definition) is 3. The highest BCUT2D eigenvalue weighted by molar-refractivity contribution is 5.93. The first-order chi connectivity index (χ1) is 9.85. The Morgan fingerprint density at radius 1 is 1.33 bits per heavy atom. The largest absolute Gasteiger partial charge is 0.399 e. The average Bonchev–Trinajstić information content (AvgIpc) is 2.55. The molecule has 0 radical (unpaired) electrons. The van der Waals surface area contributed by atoms with Crippen molar-refractivity contribution in [3.63, 3.8) is 0 Å². The molecule has 1 fully saturated rings. The molecule has 116 valence electrons. The van der Waals surface area contributed by atoms with Gasteiger partial charge < -0.3 is 11.1 Å². The molecule has 21 heavy (non-hydrogen) atoms. The number of carbonyl (C=O) groups is 1. The van der Waals surface area contributed by atoms with Crippen LogP contribution in [0.15, 0.2) is 18.2 Å². The number of nitrogen functional groups attached to an aromatic ring is 1. The molecule has 3 N–H and O–H groups in total. The molecule has 1 aliphatic heterocycles. The molecule has 0 bridgehead atoms. The minimum Gasteiger partial charge on any atom is -0.399 e. The molecule has 1 saturated heterocycles. The summed E-state index contributed by atoms with van der Waals surface area (Å²) in [6, 6.07) is 5.60. The molecule has 0 unspecified atom stereocenters. The average molecular weight is 289 g/mol. The SMILES string of the molecule is Cc1ccc(N)cc1NC(=O)CN1CCCC(C)(C)CC1. The molecular formula is C17H27N3O. The van der Waals surface area contributed by atoms with Gasteiger partial charge in [-0.1, -0.05) is 19.9 Å². The Morgan fingerprint density at radius 3 is 2.86 bits per heavy atom. The third kappa shape index (κ3) is 4.74. The first kappa shape index (κ1) is 15.8. The van der Waals surface area contributed by atoms with Crippen molar-refractivity contribution >= 4 is 17.3 Å². The van der Waals surface area contributed by atoms with E-state index in [2.05, 4.69) is 24.1 Å². The van der Waals surface area contributed by atoms with E-state index in [0.717, 1.165) is 37.2 Å². The number of likely N-dealkylation sites (tertiary alicyclic amines) is 1. The van der Waals surface area contributed by atoms with Crippen LogP contribution in [0.4, 0.5) is 11.4 Å². The molecular weight excluding hydrogens is 262 g/mol. The third-order valence-electron chi connectivity index (χ3n) is 4.34. The summed E-state index contributed by atoms with van der Waals surface area (Å²) in [7, 11) is 0. The van der Waals surface area contributed by atoms with Crippen molar-refractivity contribution in [2.45, 2.75) is 40.0 Å². The van der Waals surface area contributed by atoms with Gasteiger partial charge in [0.1, 0.15) is 0 Å². The van der Waals surface area contributed by atoms with Crippen molar-refractivity contribution in [2.24, 2.45) is 5.41 Å². The van der Waals surface area contributed by atoms with Crippen LogP contribution in [0.2, 0.25) is 0 Å². The Kier molecular flexibility index (Phi) is 4.88. The van der Waals surface area contributed by atoms with Crippen LogP contribution in [0, 0.1) is 12.3 Å². The smallest absolute Gasteiger partial charge is 0.238 e. The lowest BCUT2D eigenvalue weighted by Crippen LogP contribution is -2.34. The van der Waals surface area contributed by atoms with Crippen LogP contribution in [-0.2, 0) is 4.79 Å². The van der Waals surface area contributed by atoms with Gasteiger partial charge in [0.15, 0.2) is 0 Å². The number of nitrogens with two attached hydrogens (primary N) is 1. The molecule has 1 aliphatic rings. The quantitative estimate of drug-likeness (QED) is 0.841. The normalized spacial score (nSPS) is 19.0. The molecule has 1 aromatic carbocycles. The fourth-order valence-corrected chi connectivity index (χ4v) is 2.80. The number of anilines is 2. The highest BCUT2D eigenvalue weighted by Gasteiger charge is 2.23. The van der Waals surface area contributed by atoms with E-state index in [0.29, 0.717) is 17.6 Å². The number of aryl methyl sites for hydroxylation is 1. The van der Waals surface area contributed by atoms with E-state index >= 15 is 0 Å². The lowest BCUT2D eigenvalue weighted by Gasteiger charge is -2.23. The molecule has 4 nitrogen and oxygen atoms in total. The van der Waals surface area contributed by atoms with Crippen molar-refractivity contribution in [1.29, 1.82) is 0 Å². The summed E-state index contributed by atoms with van der Waals surface area (Å²) >= 11 is 0. The minimum absolute atomic E-state index is 0.0448. The summed E-state index contributed by atoms with van der Waals surface area (Å²) in [5.74, 6) is 0.0448. The Hall–Kier alpha value is -1.55. The highest BCUT2D eigenvalue weighted by Crippen LogP contribution is 2.29. The van der Waals surface area contributed by atoms with Gasteiger partial charge in [-0.3, -0.25) is 9.69 Å². The number of benzene rings is 1. The first-order valence-electron chi connectivity index (χ1n) is 7.74. The van der Waals surface area contributed by atoms with Crippen molar-refractivity contribution in [3.05, 3.63) is 23.8 Å². The van der Waals surface area contributed by atoms with E-state index in [9.17, 15) is 4.79 Å². The van der Waals surface area contributed by atoms with Gasteiger partial charge in [0.2, 0.25) is 5.91 Å². The summed E-state index contributed by atoms with van der Waals surface area (Å²) in [5, 5.41) is 2.98. The zero-order chi connectivity index (χ0) is 15.5.